The third-order valence-electron chi connectivity index (χ3n) is 5.28. The Morgan fingerprint density at radius 1 is 0.909 bits per heavy atom. The predicted molar refractivity (Wildman–Crippen MR) is 128 cm³/mol. The molecule has 3 aromatic rings. The smallest absolute Gasteiger partial charge is 0.282 e. The van der Waals surface area contributed by atoms with Crippen molar-refractivity contribution in [2.75, 3.05) is 16.8 Å². The molecule has 0 saturated carbocycles. The predicted octanol–water partition coefficient (Wildman–Crippen LogP) is 5.63. The van der Waals surface area contributed by atoms with Crippen LogP contribution < -0.4 is 15.0 Å². The van der Waals surface area contributed by atoms with Gasteiger partial charge in [-0.25, -0.2) is 9.29 Å². The maximum absolute atomic E-state index is 13.6. The van der Waals surface area contributed by atoms with Crippen LogP contribution in [0.25, 0.3) is 5.57 Å². The summed E-state index contributed by atoms with van der Waals surface area (Å²) in [4.78, 5) is 28.4. The van der Waals surface area contributed by atoms with E-state index >= 15 is 0 Å². The molecule has 0 spiro atoms. The number of halogens is 1. The summed E-state index contributed by atoms with van der Waals surface area (Å²) >= 11 is 0. The van der Waals surface area contributed by atoms with E-state index in [4.69, 9.17) is 4.74 Å². The summed E-state index contributed by atoms with van der Waals surface area (Å²) in [6.07, 6.45) is 0.787. The van der Waals surface area contributed by atoms with Gasteiger partial charge in [0.25, 0.3) is 11.8 Å². The molecule has 0 radical (unpaired) electrons. The minimum absolute atomic E-state index is 0.141. The van der Waals surface area contributed by atoms with Crippen LogP contribution in [0, 0.1) is 19.7 Å². The molecule has 1 heterocycles. The van der Waals surface area contributed by atoms with Crippen LogP contribution in [0.3, 0.4) is 0 Å². The van der Waals surface area contributed by atoms with Crippen molar-refractivity contribution in [3.63, 3.8) is 0 Å². The van der Waals surface area contributed by atoms with Crippen LogP contribution in [-0.2, 0) is 9.59 Å². The SMILES string of the molecule is CCCOc1ccccc1N1C(=O)C(Nc2cc(C)cc(C)c2)=C(c2ccc(F)cc2)C1=O. The molecule has 1 aliphatic rings. The molecule has 1 aliphatic heterocycles. The Balaban J connectivity index is 1.82. The molecule has 3 aromatic carbocycles. The van der Waals surface area contributed by atoms with Crippen molar-refractivity contribution < 1.29 is 18.7 Å². The molecule has 6 heteroatoms. The Hall–Kier alpha value is -3.93. The number of amides is 2. The Kier molecular flexibility index (Phi) is 6.27. The van der Waals surface area contributed by atoms with E-state index in [0.29, 0.717) is 29.3 Å². The highest BCUT2D eigenvalue weighted by molar-refractivity contribution is 6.46. The van der Waals surface area contributed by atoms with Crippen molar-refractivity contribution in [2.24, 2.45) is 0 Å². The van der Waals surface area contributed by atoms with Gasteiger partial charge in [-0.3, -0.25) is 9.59 Å². The van der Waals surface area contributed by atoms with E-state index in [1.165, 1.54) is 24.3 Å². The van der Waals surface area contributed by atoms with Crippen molar-refractivity contribution in [3.8, 4) is 5.75 Å². The van der Waals surface area contributed by atoms with Gasteiger partial charge in [-0.15, -0.1) is 0 Å². The number of hydrogen-bond acceptors (Lipinski definition) is 4. The maximum atomic E-state index is 13.6. The van der Waals surface area contributed by atoms with Crippen LogP contribution in [0.15, 0.2) is 72.4 Å². The lowest BCUT2D eigenvalue weighted by atomic mass is 10.0. The molecule has 0 aromatic heterocycles. The van der Waals surface area contributed by atoms with Crippen LogP contribution in [0.2, 0.25) is 0 Å². The van der Waals surface area contributed by atoms with Crippen LogP contribution in [0.4, 0.5) is 15.8 Å². The molecule has 168 valence electrons. The first-order valence-electron chi connectivity index (χ1n) is 10.8. The number of ether oxygens (including phenoxy) is 1. The molecule has 2 amide bonds. The minimum Gasteiger partial charge on any atom is -0.491 e. The summed E-state index contributed by atoms with van der Waals surface area (Å²) in [7, 11) is 0. The topological polar surface area (TPSA) is 58.6 Å². The van der Waals surface area contributed by atoms with Gasteiger partial charge in [0.2, 0.25) is 0 Å². The first kappa shape index (κ1) is 22.3. The number of benzene rings is 3. The zero-order valence-corrected chi connectivity index (χ0v) is 18.8. The Morgan fingerprint density at radius 2 is 1.58 bits per heavy atom. The zero-order valence-electron chi connectivity index (χ0n) is 18.8. The number of nitrogens with one attached hydrogen (secondary N) is 1. The average molecular weight is 445 g/mol. The van der Waals surface area contributed by atoms with Crippen molar-refractivity contribution in [1.82, 2.24) is 0 Å². The number of imide groups is 1. The normalized spacial score (nSPS) is 13.6. The van der Waals surface area contributed by atoms with Gasteiger partial charge < -0.3 is 10.1 Å². The van der Waals surface area contributed by atoms with Gasteiger partial charge >= 0.3 is 0 Å². The molecule has 4 rings (SSSR count). The molecule has 0 saturated heterocycles. The molecule has 1 N–H and O–H groups in total. The maximum Gasteiger partial charge on any atom is 0.282 e. The number of carbonyl (C=O) groups excluding carboxylic acids is 2. The van der Waals surface area contributed by atoms with Gasteiger partial charge in [0.1, 0.15) is 17.3 Å². The van der Waals surface area contributed by atoms with Crippen molar-refractivity contribution in [3.05, 3.63) is 94.9 Å². The highest BCUT2D eigenvalue weighted by Crippen LogP contribution is 2.38. The summed E-state index contributed by atoms with van der Waals surface area (Å²) in [5.74, 6) is -0.959. The van der Waals surface area contributed by atoms with Crippen molar-refractivity contribution >= 4 is 28.8 Å². The first-order valence-corrected chi connectivity index (χ1v) is 10.8. The number of anilines is 2. The van der Waals surface area contributed by atoms with Crippen LogP contribution in [-0.4, -0.2) is 18.4 Å². The highest BCUT2D eigenvalue weighted by Gasteiger charge is 2.41. The number of carbonyl (C=O) groups is 2. The number of nitrogens with zero attached hydrogens (tertiary/aromatic N) is 1. The summed E-state index contributed by atoms with van der Waals surface area (Å²) in [5, 5.41) is 3.16. The van der Waals surface area contributed by atoms with Gasteiger partial charge in [0.05, 0.1) is 17.9 Å². The molecule has 0 bridgehead atoms. The minimum atomic E-state index is -0.494. The summed E-state index contributed by atoms with van der Waals surface area (Å²) in [6, 6.07) is 18.3. The van der Waals surface area contributed by atoms with E-state index in [2.05, 4.69) is 5.32 Å². The van der Waals surface area contributed by atoms with Crippen LogP contribution in [0.1, 0.15) is 30.0 Å². The molecule has 0 unspecified atom stereocenters. The molecule has 0 fully saturated rings. The molecular formula is C27H25FN2O3. The number of para-hydroxylation sites is 2. The second-order valence-corrected chi connectivity index (χ2v) is 8.02. The van der Waals surface area contributed by atoms with E-state index in [0.717, 1.165) is 22.4 Å². The fourth-order valence-corrected chi connectivity index (χ4v) is 3.92. The quantitative estimate of drug-likeness (QED) is 0.480. The Bertz CT molecular complexity index is 1230. The molecular weight excluding hydrogens is 419 g/mol. The monoisotopic (exact) mass is 444 g/mol. The highest BCUT2D eigenvalue weighted by atomic mass is 19.1. The third-order valence-corrected chi connectivity index (χ3v) is 5.28. The number of rotatable bonds is 7. The van der Waals surface area contributed by atoms with E-state index < -0.39 is 17.6 Å². The standard InChI is InChI=1S/C27H25FN2O3/c1-4-13-33-23-8-6-5-7-22(23)30-26(31)24(19-9-11-20(28)12-10-19)25(27(30)32)29-21-15-17(2)14-18(3)16-21/h5-12,14-16,29H,4,13H2,1-3H3. The molecule has 5 nitrogen and oxygen atoms in total. The van der Waals surface area contributed by atoms with E-state index in [9.17, 15) is 14.0 Å². The number of hydrogen-bond donors (Lipinski definition) is 1. The van der Waals surface area contributed by atoms with Gasteiger partial charge in [-0.1, -0.05) is 37.3 Å². The van der Waals surface area contributed by atoms with Gasteiger partial charge in [-0.05, 0) is 73.4 Å². The summed E-state index contributed by atoms with van der Waals surface area (Å²) in [5.41, 5.74) is 3.89. The Morgan fingerprint density at radius 3 is 2.24 bits per heavy atom. The molecule has 33 heavy (non-hydrogen) atoms. The zero-order chi connectivity index (χ0) is 23.5. The fourth-order valence-electron chi connectivity index (χ4n) is 3.92. The van der Waals surface area contributed by atoms with Crippen LogP contribution in [0.5, 0.6) is 5.75 Å². The first-order chi connectivity index (χ1) is 15.9. The summed E-state index contributed by atoms with van der Waals surface area (Å²) in [6.45, 7) is 6.36. The fraction of sp³-hybridized carbons (Fsp3) is 0.185. The molecule has 0 atom stereocenters. The van der Waals surface area contributed by atoms with Gasteiger partial charge in [-0.2, -0.15) is 0 Å². The van der Waals surface area contributed by atoms with Gasteiger partial charge in [0, 0.05) is 5.69 Å². The average Bonchev–Trinajstić information content (AvgIpc) is 3.02. The summed E-state index contributed by atoms with van der Waals surface area (Å²) < 4.78 is 19.4. The lowest BCUT2D eigenvalue weighted by Crippen LogP contribution is -2.32. The lowest BCUT2D eigenvalue weighted by molar-refractivity contribution is -0.120. The van der Waals surface area contributed by atoms with Gasteiger partial charge in [0.15, 0.2) is 0 Å². The lowest BCUT2D eigenvalue weighted by Gasteiger charge is -2.19. The second kappa shape index (κ2) is 9.28. The van der Waals surface area contributed by atoms with E-state index in [-0.39, 0.29) is 11.3 Å². The largest absolute Gasteiger partial charge is 0.491 e. The number of aryl methyl sites for hydroxylation is 2. The Labute approximate surface area is 192 Å². The van der Waals surface area contributed by atoms with Crippen LogP contribution >= 0.6 is 0 Å². The molecule has 0 aliphatic carbocycles. The van der Waals surface area contributed by atoms with E-state index in [1.807, 2.05) is 39.0 Å². The van der Waals surface area contributed by atoms with E-state index in [1.54, 1.807) is 24.3 Å². The third kappa shape index (κ3) is 4.51. The second-order valence-electron chi connectivity index (χ2n) is 8.02. The van der Waals surface area contributed by atoms with Crippen molar-refractivity contribution in [1.29, 1.82) is 0 Å². The van der Waals surface area contributed by atoms with Crippen molar-refractivity contribution in [2.45, 2.75) is 27.2 Å².